The molecule has 0 aliphatic rings. The Morgan fingerprint density at radius 2 is 0.519 bits per heavy atom. The van der Waals surface area contributed by atoms with Crippen molar-refractivity contribution < 1.29 is 80.2 Å². The van der Waals surface area contributed by atoms with E-state index in [0.717, 1.165) is 115 Å². The molecule has 0 amide bonds. The van der Waals surface area contributed by atoms with E-state index in [1.54, 1.807) is 0 Å². The summed E-state index contributed by atoms with van der Waals surface area (Å²) in [6.45, 7) is 9.59. The summed E-state index contributed by atoms with van der Waals surface area (Å²) in [4.78, 5) is 73.2. The van der Waals surface area contributed by atoms with Crippen molar-refractivity contribution in [3.63, 3.8) is 0 Å². The van der Waals surface area contributed by atoms with Crippen LogP contribution in [-0.4, -0.2) is 96.7 Å². The largest absolute Gasteiger partial charge is 0.472 e. The van der Waals surface area contributed by atoms with Crippen LogP contribution in [0.15, 0.2) is 24.3 Å². The number of phosphoric acid groups is 2. The lowest BCUT2D eigenvalue weighted by molar-refractivity contribution is -0.161. The second-order valence-electron chi connectivity index (χ2n) is 30.8. The van der Waals surface area contributed by atoms with Gasteiger partial charge in [0, 0.05) is 25.7 Å². The molecule has 0 fully saturated rings. The summed E-state index contributed by atoms with van der Waals surface area (Å²) in [5, 5.41) is 10.7. The Hall–Kier alpha value is -2.46. The van der Waals surface area contributed by atoms with Crippen molar-refractivity contribution in [2.45, 2.75) is 445 Å². The van der Waals surface area contributed by atoms with Gasteiger partial charge in [-0.2, -0.15) is 0 Å². The van der Waals surface area contributed by atoms with Crippen molar-refractivity contribution in [3.8, 4) is 0 Å². The fraction of sp³-hybridized carbons (Fsp3) is 0.906. The summed E-state index contributed by atoms with van der Waals surface area (Å²) in [6.07, 6.45) is 70.3. The van der Waals surface area contributed by atoms with Crippen LogP contribution >= 0.6 is 15.6 Å². The van der Waals surface area contributed by atoms with Gasteiger partial charge in [-0.25, -0.2) is 9.13 Å². The van der Waals surface area contributed by atoms with Crippen LogP contribution in [0.1, 0.15) is 427 Å². The molecule has 0 aromatic heterocycles. The number of aliphatic hydroxyl groups is 1. The second kappa shape index (κ2) is 75.9. The molecular formula is C85H162O17P2. The van der Waals surface area contributed by atoms with E-state index >= 15 is 0 Å². The van der Waals surface area contributed by atoms with Gasteiger partial charge in [-0.05, 0) is 63.2 Å². The summed E-state index contributed by atoms with van der Waals surface area (Å²) < 4.78 is 68.8. The maximum absolute atomic E-state index is 13.1. The maximum Gasteiger partial charge on any atom is 0.472 e. The van der Waals surface area contributed by atoms with E-state index in [4.69, 9.17) is 37.0 Å². The molecule has 0 rings (SSSR count). The number of carbonyl (C=O) groups is 4. The Kier molecular flexibility index (Phi) is 74.1. The maximum atomic E-state index is 13.1. The summed E-state index contributed by atoms with van der Waals surface area (Å²) in [6, 6.07) is 0. The van der Waals surface area contributed by atoms with Gasteiger partial charge in [0.05, 0.1) is 26.4 Å². The van der Waals surface area contributed by atoms with Crippen LogP contribution in [0.5, 0.6) is 0 Å². The molecule has 0 bridgehead atoms. The number of hydrogen-bond acceptors (Lipinski definition) is 15. The third-order valence-electron chi connectivity index (χ3n) is 19.3. The third kappa shape index (κ3) is 77.7. The van der Waals surface area contributed by atoms with Crippen LogP contribution in [0.25, 0.3) is 0 Å². The molecule has 614 valence electrons. The molecule has 0 saturated carbocycles. The average molecular weight is 1520 g/mol. The normalized spacial score (nSPS) is 14.0. The van der Waals surface area contributed by atoms with Gasteiger partial charge in [0.15, 0.2) is 12.2 Å². The first-order valence-corrected chi connectivity index (χ1v) is 46.3. The molecule has 2 unspecified atom stereocenters. The van der Waals surface area contributed by atoms with Gasteiger partial charge in [-0.15, -0.1) is 0 Å². The summed E-state index contributed by atoms with van der Waals surface area (Å²) in [5.74, 6) is -0.604. The first-order chi connectivity index (χ1) is 50.4. The number of rotatable bonds is 82. The molecule has 0 saturated heterocycles. The summed E-state index contributed by atoms with van der Waals surface area (Å²) >= 11 is 0. The number of carbonyl (C=O) groups excluding carboxylic acids is 4. The van der Waals surface area contributed by atoms with Crippen molar-refractivity contribution >= 4 is 39.5 Å². The molecule has 0 heterocycles. The molecule has 17 nitrogen and oxygen atoms in total. The molecular weight excluding hydrogens is 1350 g/mol. The van der Waals surface area contributed by atoms with Crippen LogP contribution in [-0.2, 0) is 65.4 Å². The first-order valence-electron chi connectivity index (χ1n) is 43.3. The predicted octanol–water partition coefficient (Wildman–Crippen LogP) is 25.4. The van der Waals surface area contributed by atoms with Gasteiger partial charge >= 0.3 is 39.5 Å². The lowest BCUT2D eigenvalue weighted by Crippen LogP contribution is -2.30. The smallest absolute Gasteiger partial charge is 0.462 e. The van der Waals surface area contributed by atoms with E-state index in [0.29, 0.717) is 25.7 Å². The number of allylic oxidation sites excluding steroid dienone is 4. The van der Waals surface area contributed by atoms with Crippen LogP contribution < -0.4 is 0 Å². The quantitative estimate of drug-likeness (QED) is 0.0169. The Morgan fingerprint density at radius 3 is 0.788 bits per heavy atom. The highest BCUT2D eigenvalue weighted by Crippen LogP contribution is 2.45. The zero-order valence-electron chi connectivity index (χ0n) is 67.8. The van der Waals surface area contributed by atoms with Gasteiger partial charge in [-0.3, -0.25) is 37.3 Å². The molecule has 19 heteroatoms. The van der Waals surface area contributed by atoms with E-state index in [1.165, 1.54) is 231 Å². The number of ether oxygens (including phenoxy) is 4. The van der Waals surface area contributed by atoms with Crippen molar-refractivity contribution in [2.75, 3.05) is 39.6 Å². The Bertz CT molecular complexity index is 2090. The van der Waals surface area contributed by atoms with E-state index in [9.17, 15) is 43.2 Å². The van der Waals surface area contributed by atoms with E-state index in [2.05, 4.69) is 65.8 Å². The molecule has 3 N–H and O–H groups in total. The standard InChI is InChI=1S/C85H162O17P2/c1-7-9-11-13-15-17-19-21-23-24-25-26-27-28-30-34-39-45-52-58-64-70-85(90)101-80(73-95-82(87)67-61-55-49-43-37-35-31-32-36-41-47-53-59-65-77(3)4)75-99-103(91,92)97-71-79(86)72-98-104(93,94)100-76-81(74-96-83(88)68-62-56-50-46-40-42-48-54-60-66-78(5)6)102-84(89)69-63-57-51-44-38-33-29-22-20-18-16-14-12-10-8-2/h18,20,22,29,77-81,86H,7-17,19,21,23-28,30-76H2,1-6H3,(H,91,92)(H,93,94)/b20-18-,29-22-/t79-,80-,81-/m1/s1. The molecule has 0 aromatic rings. The molecule has 5 atom stereocenters. The topological polar surface area (TPSA) is 237 Å². The minimum Gasteiger partial charge on any atom is -0.462 e. The van der Waals surface area contributed by atoms with Crippen LogP contribution in [0.4, 0.5) is 0 Å². The molecule has 0 aliphatic carbocycles. The summed E-state index contributed by atoms with van der Waals surface area (Å²) in [5.41, 5.74) is 0. The number of esters is 4. The fourth-order valence-electron chi connectivity index (χ4n) is 12.7. The van der Waals surface area contributed by atoms with Crippen molar-refractivity contribution in [3.05, 3.63) is 24.3 Å². The molecule has 0 radical (unpaired) electrons. The highest BCUT2D eigenvalue weighted by Gasteiger charge is 2.30. The Labute approximate surface area is 637 Å². The predicted molar refractivity (Wildman–Crippen MR) is 427 cm³/mol. The van der Waals surface area contributed by atoms with Crippen LogP contribution in [0.2, 0.25) is 0 Å². The number of hydrogen-bond donors (Lipinski definition) is 3. The van der Waals surface area contributed by atoms with Crippen molar-refractivity contribution in [2.24, 2.45) is 11.8 Å². The molecule has 0 spiro atoms. The monoisotopic (exact) mass is 1520 g/mol. The van der Waals surface area contributed by atoms with Crippen molar-refractivity contribution in [1.82, 2.24) is 0 Å². The number of aliphatic hydroxyl groups excluding tert-OH is 1. The van der Waals surface area contributed by atoms with Gasteiger partial charge in [-0.1, -0.05) is 374 Å². The zero-order chi connectivity index (χ0) is 76.4. The molecule has 0 aromatic carbocycles. The minimum absolute atomic E-state index is 0.0849. The number of unbranched alkanes of at least 4 members (excludes halogenated alkanes) is 49. The van der Waals surface area contributed by atoms with Crippen molar-refractivity contribution in [1.29, 1.82) is 0 Å². The average Bonchev–Trinajstić information content (AvgIpc) is 0.904. The minimum atomic E-state index is -4.97. The third-order valence-corrected chi connectivity index (χ3v) is 21.2. The van der Waals surface area contributed by atoms with E-state index in [-0.39, 0.29) is 25.7 Å². The van der Waals surface area contributed by atoms with Gasteiger partial charge in [0.25, 0.3) is 0 Å². The zero-order valence-corrected chi connectivity index (χ0v) is 69.6. The molecule has 104 heavy (non-hydrogen) atoms. The fourth-order valence-corrected chi connectivity index (χ4v) is 14.3. The van der Waals surface area contributed by atoms with Crippen LogP contribution in [0, 0.1) is 11.8 Å². The SMILES string of the molecule is CCCCCC/C=C\C=C/CCCCCCCC(=O)O[C@H](COC(=O)CCCCCCCCCCCC(C)C)COP(=O)(O)OC[C@H](O)COP(=O)(O)OC[C@@H](COC(=O)CCCCCCCCCCCCCCCC(C)C)OC(=O)CCCCCCCCCCCCCCCCCCCCCCC. The van der Waals surface area contributed by atoms with Gasteiger partial charge in [0.2, 0.25) is 0 Å². The highest BCUT2D eigenvalue weighted by molar-refractivity contribution is 7.47. The summed E-state index contributed by atoms with van der Waals surface area (Å²) in [7, 11) is -9.94. The lowest BCUT2D eigenvalue weighted by atomic mass is 10.0. The van der Waals surface area contributed by atoms with E-state index < -0.39 is 97.5 Å². The Morgan fingerprint density at radius 1 is 0.298 bits per heavy atom. The van der Waals surface area contributed by atoms with Gasteiger partial charge < -0.3 is 33.8 Å². The first kappa shape index (κ1) is 102. The van der Waals surface area contributed by atoms with Gasteiger partial charge in [0.1, 0.15) is 19.3 Å². The molecule has 0 aliphatic heterocycles. The second-order valence-corrected chi connectivity index (χ2v) is 33.7. The van der Waals surface area contributed by atoms with Crippen LogP contribution in [0.3, 0.4) is 0 Å². The lowest BCUT2D eigenvalue weighted by Gasteiger charge is -2.21. The Balaban J connectivity index is 5.28. The van der Waals surface area contributed by atoms with E-state index in [1.807, 2.05) is 0 Å². The highest BCUT2D eigenvalue weighted by atomic mass is 31.2. The number of phosphoric ester groups is 2.